The van der Waals surface area contributed by atoms with Crippen LogP contribution in [0.25, 0.3) is 0 Å². The van der Waals surface area contributed by atoms with Crippen molar-refractivity contribution < 1.29 is 0 Å². The van der Waals surface area contributed by atoms with Crippen LogP contribution in [-0.2, 0) is 0 Å². The van der Waals surface area contributed by atoms with E-state index in [4.69, 9.17) is 0 Å². The predicted molar refractivity (Wildman–Crippen MR) is 74.3 cm³/mol. The Labute approximate surface area is 107 Å². The molecule has 1 saturated carbocycles. The second-order valence-corrected chi connectivity index (χ2v) is 6.43. The maximum absolute atomic E-state index is 3.90. The van der Waals surface area contributed by atoms with Gasteiger partial charge >= 0.3 is 0 Å². The van der Waals surface area contributed by atoms with Crippen LogP contribution in [0.4, 0.5) is 0 Å². The molecule has 1 heterocycles. The third kappa shape index (κ3) is 3.69. The highest BCUT2D eigenvalue weighted by atomic mass is 15.2. The van der Waals surface area contributed by atoms with E-state index in [0.717, 1.165) is 24.0 Å². The van der Waals surface area contributed by atoms with E-state index >= 15 is 0 Å². The van der Waals surface area contributed by atoms with E-state index in [0.29, 0.717) is 0 Å². The van der Waals surface area contributed by atoms with Crippen molar-refractivity contribution in [2.75, 3.05) is 13.6 Å². The third-order valence-electron chi connectivity index (χ3n) is 4.99. The van der Waals surface area contributed by atoms with Gasteiger partial charge in [-0.1, -0.05) is 25.7 Å². The maximum atomic E-state index is 3.90. The molecule has 100 valence electrons. The number of nitrogens with zero attached hydrogens (tertiary/aromatic N) is 1. The lowest BCUT2D eigenvalue weighted by molar-refractivity contribution is 0.299. The van der Waals surface area contributed by atoms with Gasteiger partial charge in [-0.25, -0.2) is 0 Å². The topological polar surface area (TPSA) is 15.3 Å². The Morgan fingerprint density at radius 3 is 2.29 bits per heavy atom. The summed E-state index contributed by atoms with van der Waals surface area (Å²) in [5, 5.41) is 3.90. The van der Waals surface area contributed by atoms with Crippen LogP contribution in [0, 0.1) is 5.92 Å². The summed E-state index contributed by atoms with van der Waals surface area (Å²) in [5.41, 5.74) is 0. The van der Waals surface area contributed by atoms with Crippen LogP contribution in [0.3, 0.4) is 0 Å². The van der Waals surface area contributed by atoms with E-state index in [9.17, 15) is 0 Å². The maximum Gasteiger partial charge on any atom is 0.0212 e. The molecule has 2 fully saturated rings. The Balaban J connectivity index is 1.77. The number of likely N-dealkylation sites (N-methyl/N-ethyl adjacent to an activating group) is 1. The van der Waals surface area contributed by atoms with Crippen LogP contribution in [0.2, 0.25) is 0 Å². The molecule has 2 nitrogen and oxygen atoms in total. The molecule has 3 atom stereocenters. The van der Waals surface area contributed by atoms with Crippen LogP contribution < -0.4 is 5.32 Å². The normalized spacial score (nSPS) is 34.8. The minimum atomic E-state index is 0.719. The molecule has 2 rings (SSSR count). The molecular formula is C15H30N2. The number of likely N-dealkylation sites (tertiary alicyclic amines) is 1. The number of hydrogen-bond acceptors (Lipinski definition) is 2. The summed E-state index contributed by atoms with van der Waals surface area (Å²) in [5.74, 6) is 0.929. The van der Waals surface area contributed by atoms with Crippen molar-refractivity contribution in [3.05, 3.63) is 0 Å². The fourth-order valence-electron chi connectivity index (χ4n) is 3.63. The zero-order valence-electron chi connectivity index (χ0n) is 11.9. The van der Waals surface area contributed by atoms with E-state index < -0.39 is 0 Å². The molecule has 1 aliphatic heterocycles. The van der Waals surface area contributed by atoms with E-state index in [2.05, 4.69) is 31.1 Å². The zero-order valence-corrected chi connectivity index (χ0v) is 11.9. The van der Waals surface area contributed by atoms with Crippen molar-refractivity contribution >= 4 is 0 Å². The van der Waals surface area contributed by atoms with Crippen molar-refractivity contribution in [1.82, 2.24) is 10.2 Å². The molecule has 17 heavy (non-hydrogen) atoms. The van der Waals surface area contributed by atoms with Gasteiger partial charge < -0.3 is 10.2 Å². The Kier molecular flexibility index (Phi) is 4.87. The molecule has 0 bridgehead atoms. The highest BCUT2D eigenvalue weighted by Crippen LogP contribution is 2.26. The molecule has 0 aromatic heterocycles. The van der Waals surface area contributed by atoms with Crippen LogP contribution in [-0.4, -0.2) is 36.6 Å². The molecule has 2 heteroatoms. The van der Waals surface area contributed by atoms with Gasteiger partial charge in [0.05, 0.1) is 0 Å². The van der Waals surface area contributed by atoms with E-state index in [-0.39, 0.29) is 0 Å². The molecule has 1 saturated heterocycles. The average Bonchev–Trinajstić information content (AvgIpc) is 2.54. The van der Waals surface area contributed by atoms with Gasteiger partial charge in [-0.3, -0.25) is 0 Å². The smallest absolute Gasteiger partial charge is 0.0212 e. The Morgan fingerprint density at radius 1 is 1.12 bits per heavy atom. The Morgan fingerprint density at radius 2 is 1.76 bits per heavy atom. The first-order chi connectivity index (χ1) is 8.16. The lowest BCUT2D eigenvalue weighted by Crippen LogP contribution is -2.42. The summed E-state index contributed by atoms with van der Waals surface area (Å²) in [7, 11) is 2.25. The van der Waals surface area contributed by atoms with Crippen LogP contribution in [0.1, 0.15) is 58.8 Å². The molecule has 2 unspecified atom stereocenters. The van der Waals surface area contributed by atoms with Crippen LogP contribution >= 0.6 is 0 Å². The average molecular weight is 238 g/mol. The van der Waals surface area contributed by atoms with E-state index in [1.807, 2.05) is 0 Å². The van der Waals surface area contributed by atoms with E-state index in [1.54, 1.807) is 0 Å². The minimum absolute atomic E-state index is 0.719. The minimum Gasteiger partial charge on any atom is -0.310 e. The SMILES string of the molecule is CC1CC(N[C@@H](C)C2CCCCCC2)CN1C. The number of hydrogen-bond donors (Lipinski definition) is 1. The molecule has 0 radical (unpaired) electrons. The van der Waals surface area contributed by atoms with Crippen molar-refractivity contribution in [3.63, 3.8) is 0 Å². The number of rotatable bonds is 3. The van der Waals surface area contributed by atoms with Crippen LogP contribution in [0.5, 0.6) is 0 Å². The van der Waals surface area contributed by atoms with Crippen molar-refractivity contribution in [2.45, 2.75) is 76.9 Å². The zero-order chi connectivity index (χ0) is 12.3. The predicted octanol–water partition coefficient (Wildman–Crippen LogP) is 3.03. The molecule has 0 amide bonds. The summed E-state index contributed by atoms with van der Waals surface area (Å²) < 4.78 is 0. The molecular weight excluding hydrogens is 208 g/mol. The van der Waals surface area contributed by atoms with Gasteiger partial charge in [-0.05, 0) is 46.1 Å². The van der Waals surface area contributed by atoms with Gasteiger partial charge in [0.2, 0.25) is 0 Å². The molecule has 0 spiro atoms. The summed E-state index contributed by atoms with van der Waals surface area (Å²) in [4.78, 5) is 2.48. The highest BCUT2D eigenvalue weighted by molar-refractivity contribution is 4.88. The first kappa shape index (κ1) is 13.4. The molecule has 2 aliphatic rings. The summed E-state index contributed by atoms with van der Waals surface area (Å²) >= 11 is 0. The lowest BCUT2D eigenvalue weighted by Gasteiger charge is -2.27. The summed E-state index contributed by atoms with van der Waals surface area (Å²) in [6, 6.07) is 2.21. The van der Waals surface area contributed by atoms with Gasteiger partial charge in [-0.2, -0.15) is 0 Å². The quantitative estimate of drug-likeness (QED) is 0.760. The van der Waals surface area contributed by atoms with Crippen LogP contribution in [0.15, 0.2) is 0 Å². The van der Waals surface area contributed by atoms with Crippen molar-refractivity contribution in [3.8, 4) is 0 Å². The second-order valence-electron chi connectivity index (χ2n) is 6.43. The molecule has 0 aromatic rings. The van der Waals surface area contributed by atoms with Gasteiger partial charge in [0.25, 0.3) is 0 Å². The van der Waals surface area contributed by atoms with E-state index in [1.165, 1.54) is 51.5 Å². The molecule has 1 N–H and O–H groups in total. The molecule has 0 aromatic carbocycles. The van der Waals surface area contributed by atoms with Crippen molar-refractivity contribution in [2.24, 2.45) is 5.92 Å². The first-order valence-electron chi connectivity index (χ1n) is 7.63. The summed E-state index contributed by atoms with van der Waals surface area (Å²) in [6.07, 6.45) is 10.1. The van der Waals surface area contributed by atoms with Gasteiger partial charge in [-0.15, -0.1) is 0 Å². The second kappa shape index (κ2) is 6.19. The van der Waals surface area contributed by atoms with Gasteiger partial charge in [0, 0.05) is 24.7 Å². The largest absolute Gasteiger partial charge is 0.310 e. The molecule has 1 aliphatic carbocycles. The first-order valence-corrected chi connectivity index (χ1v) is 7.63. The highest BCUT2D eigenvalue weighted by Gasteiger charge is 2.28. The monoisotopic (exact) mass is 238 g/mol. The standard InChI is InChI=1S/C15H30N2/c1-12-10-15(11-17(12)3)16-13(2)14-8-6-4-5-7-9-14/h12-16H,4-11H2,1-3H3/t12?,13-,15?/m0/s1. The summed E-state index contributed by atoms with van der Waals surface area (Å²) in [6.45, 7) is 6.00. The van der Waals surface area contributed by atoms with Gasteiger partial charge in [0.1, 0.15) is 0 Å². The number of nitrogens with one attached hydrogen (secondary N) is 1. The fourth-order valence-corrected chi connectivity index (χ4v) is 3.63. The Hall–Kier alpha value is -0.0800. The lowest BCUT2D eigenvalue weighted by atomic mass is 9.92. The van der Waals surface area contributed by atoms with Crippen molar-refractivity contribution in [1.29, 1.82) is 0 Å². The third-order valence-corrected chi connectivity index (χ3v) is 4.99. The van der Waals surface area contributed by atoms with Gasteiger partial charge in [0.15, 0.2) is 0 Å². The fraction of sp³-hybridized carbons (Fsp3) is 1.00. The Bertz CT molecular complexity index is 211.